The molecular formula is C22H46O2. The predicted octanol–water partition coefficient (Wildman–Crippen LogP) is 7.84. The summed E-state index contributed by atoms with van der Waals surface area (Å²) in [6.45, 7) is 8.91. The number of hydrogen-bond donors (Lipinski definition) is 0. The Morgan fingerprint density at radius 3 is 1.12 bits per heavy atom. The molecule has 0 aromatic rings. The summed E-state index contributed by atoms with van der Waals surface area (Å²) in [5.74, 6) is -0.105. The van der Waals surface area contributed by atoms with Crippen LogP contribution in [0.25, 0.3) is 0 Å². The maximum atomic E-state index is 10.3. The summed E-state index contributed by atoms with van der Waals surface area (Å²) in [6, 6.07) is 0. The molecular weight excluding hydrogens is 296 g/mol. The number of rotatable bonds is 16. The van der Waals surface area contributed by atoms with Crippen LogP contribution in [0.4, 0.5) is 0 Å². The fraction of sp³-hybridized carbons (Fsp3) is 0.955. The second-order valence-corrected chi connectivity index (χ2v) is 6.82. The molecule has 0 fully saturated rings. The molecule has 0 heterocycles. The van der Waals surface area contributed by atoms with Gasteiger partial charge >= 0.3 is 5.97 Å². The third kappa shape index (κ3) is 26.4. The maximum absolute atomic E-state index is 10.3. The average Bonchev–Trinajstić information content (AvgIpc) is 2.61. The van der Waals surface area contributed by atoms with Gasteiger partial charge in [0.1, 0.15) is 0 Å². The van der Waals surface area contributed by atoms with E-state index in [1.807, 2.05) is 6.92 Å². The lowest BCUT2D eigenvalue weighted by Gasteiger charge is -2.02. The van der Waals surface area contributed by atoms with Crippen LogP contribution < -0.4 is 0 Å². The van der Waals surface area contributed by atoms with Gasteiger partial charge in [0.15, 0.2) is 0 Å². The minimum Gasteiger partial charge on any atom is -0.466 e. The van der Waals surface area contributed by atoms with Gasteiger partial charge in [-0.05, 0) is 6.42 Å². The first-order valence-corrected chi connectivity index (χ1v) is 10.9. The topological polar surface area (TPSA) is 26.3 Å². The number of ether oxygens (including phenoxy) is 1. The van der Waals surface area contributed by atoms with Crippen LogP contribution in [0.15, 0.2) is 0 Å². The van der Waals surface area contributed by atoms with Crippen LogP contribution in [0, 0.1) is 0 Å². The van der Waals surface area contributed by atoms with Crippen LogP contribution in [-0.4, -0.2) is 12.6 Å². The van der Waals surface area contributed by atoms with E-state index in [4.69, 9.17) is 4.74 Å². The molecule has 0 rings (SSSR count). The van der Waals surface area contributed by atoms with E-state index in [0.717, 1.165) is 6.42 Å². The maximum Gasteiger partial charge on any atom is 0.305 e. The van der Waals surface area contributed by atoms with Gasteiger partial charge in [-0.3, -0.25) is 4.79 Å². The summed E-state index contributed by atoms with van der Waals surface area (Å²) in [5, 5.41) is 0. The Morgan fingerprint density at radius 1 is 0.542 bits per heavy atom. The number of hydrogen-bond acceptors (Lipinski definition) is 2. The Labute approximate surface area is 153 Å². The average molecular weight is 343 g/mol. The first-order chi connectivity index (χ1) is 11.7. The molecule has 0 aliphatic rings. The van der Waals surface area contributed by atoms with Crippen molar-refractivity contribution in [2.75, 3.05) is 6.61 Å². The van der Waals surface area contributed by atoms with Crippen LogP contribution in [0.5, 0.6) is 0 Å². The highest BCUT2D eigenvalue weighted by atomic mass is 16.5. The Morgan fingerprint density at radius 2 is 0.875 bits per heavy atom. The standard InChI is InChI=1S/C16H34.C6H12O2/c1-3-5-7-9-11-13-15-16-14-12-10-8-6-4-2;1-3-5-8-6(7)4-2/h3-16H2,1-2H3;3-5H2,1-2H3. The number of carbonyl (C=O) groups is 1. The van der Waals surface area contributed by atoms with Crippen molar-refractivity contribution in [2.24, 2.45) is 0 Å². The van der Waals surface area contributed by atoms with E-state index in [0.29, 0.717) is 13.0 Å². The van der Waals surface area contributed by atoms with E-state index in [-0.39, 0.29) is 5.97 Å². The van der Waals surface area contributed by atoms with Crippen molar-refractivity contribution in [1.82, 2.24) is 0 Å². The van der Waals surface area contributed by atoms with Crippen molar-refractivity contribution < 1.29 is 9.53 Å². The third-order valence-electron chi connectivity index (χ3n) is 4.21. The van der Waals surface area contributed by atoms with Crippen LogP contribution in [0.2, 0.25) is 0 Å². The van der Waals surface area contributed by atoms with E-state index >= 15 is 0 Å². The van der Waals surface area contributed by atoms with Gasteiger partial charge in [0.2, 0.25) is 0 Å². The first kappa shape index (κ1) is 25.7. The monoisotopic (exact) mass is 342 g/mol. The van der Waals surface area contributed by atoms with E-state index in [9.17, 15) is 4.79 Å². The summed E-state index contributed by atoms with van der Waals surface area (Å²) in [6.07, 6.45) is 21.8. The minimum atomic E-state index is -0.105. The number of esters is 1. The van der Waals surface area contributed by atoms with Crippen molar-refractivity contribution in [3.63, 3.8) is 0 Å². The van der Waals surface area contributed by atoms with Gasteiger partial charge in [-0.2, -0.15) is 0 Å². The molecule has 0 aromatic heterocycles. The van der Waals surface area contributed by atoms with Gasteiger partial charge in [0, 0.05) is 6.42 Å². The molecule has 0 unspecified atom stereocenters. The second kappa shape index (κ2) is 24.7. The molecule has 0 saturated carbocycles. The normalized spacial score (nSPS) is 10.2. The molecule has 0 N–H and O–H groups in total. The Kier molecular flexibility index (Phi) is 26.5. The number of carbonyl (C=O) groups excluding carboxylic acids is 1. The Bertz CT molecular complexity index is 212. The first-order valence-electron chi connectivity index (χ1n) is 10.9. The number of unbranched alkanes of at least 4 members (excludes halogenated alkanes) is 13. The zero-order chi connectivity index (χ0) is 18.3. The quantitative estimate of drug-likeness (QED) is 0.211. The molecule has 0 aliphatic carbocycles. The lowest BCUT2D eigenvalue weighted by atomic mass is 10.0. The van der Waals surface area contributed by atoms with Gasteiger partial charge < -0.3 is 4.74 Å². The summed E-state index contributed by atoms with van der Waals surface area (Å²) < 4.78 is 4.70. The molecule has 24 heavy (non-hydrogen) atoms. The molecule has 0 spiro atoms. The molecule has 2 heteroatoms. The highest BCUT2D eigenvalue weighted by Gasteiger charge is 1.94. The van der Waals surface area contributed by atoms with Crippen molar-refractivity contribution in [3.05, 3.63) is 0 Å². The van der Waals surface area contributed by atoms with E-state index in [1.54, 1.807) is 6.92 Å². The molecule has 0 atom stereocenters. The molecule has 0 aliphatic heterocycles. The van der Waals surface area contributed by atoms with Crippen LogP contribution in [-0.2, 0) is 9.53 Å². The van der Waals surface area contributed by atoms with Gasteiger partial charge in [0.25, 0.3) is 0 Å². The van der Waals surface area contributed by atoms with Crippen LogP contribution >= 0.6 is 0 Å². The highest BCUT2D eigenvalue weighted by molar-refractivity contribution is 5.68. The van der Waals surface area contributed by atoms with Crippen molar-refractivity contribution in [2.45, 2.75) is 130 Å². The Hall–Kier alpha value is -0.530. The summed E-state index contributed by atoms with van der Waals surface area (Å²) in [7, 11) is 0. The molecule has 2 nitrogen and oxygen atoms in total. The van der Waals surface area contributed by atoms with E-state index < -0.39 is 0 Å². The molecule has 0 aromatic carbocycles. The van der Waals surface area contributed by atoms with Crippen molar-refractivity contribution >= 4 is 5.97 Å². The molecule has 0 bridgehead atoms. The van der Waals surface area contributed by atoms with Crippen LogP contribution in [0.3, 0.4) is 0 Å². The molecule has 0 amide bonds. The fourth-order valence-electron chi connectivity index (χ4n) is 2.59. The zero-order valence-corrected chi connectivity index (χ0v) is 17.3. The largest absolute Gasteiger partial charge is 0.466 e. The van der Waals surface area contributed by atoms with E-state index in [2.05, 4.69) is 13.8 Å². The molecule has 0 saturated heterocycles. The lowest BCUT2D eigenvalue weighted by molar-refractivity contribution is -0.143. The Balaban J connectivity index is 0. The van der Waals surface area contributed by atoms with Gasteiger partial charge in [-0.25, -0.2) is 0 Å². The van der Waals surface area contributed by atoms with Crippen molar-refractivity contribution in [3.8, 4) is 0 Å². The smallest absolute Gasteiger partial charge is 0.305 e. The third-order valence-corrected chi connectivity index (χ3v) is 4.21. The van der Waals surface area contributed by atoms with Crippen molar-refractivity contribution in [1.29, 1.82) is 0 Å². The highest BCUT2D eigenvalue weighted by Crippen LogP contribution is 2.12. The van der Waals surface area contributed by atoms with E-state index in [1.165, 1.54) is 89.9 Å². The molecule has 0 radical (unpaired) electrons. The SMILES string of the molecule is CCCCCCCCCCCCCCCC.CCCOC(=O)CC. The summed E-state index contributed by atoms with van der Waals surface area (Å²) in [5.41, 5.74) is 0. The van der Waals surface area contributed by atoms with Gasteiger partial charge in [-0.1, -0.05) is 118 Å². The second-order valence-electron chi connectivity index (χ2n) is 6.82. The fourth-order valence-corrected chi connectivity index (χ4v) is 2.59. The predicted molar refractivity (Wildman–Crippen MR) is 108 cm³/mol. The summed E-state index contributed by atoms with van der Waals surface area (Å²) in [4.78, 5) is 10.3. The van der Waals surface area contributed by atoms with Gasteiger partial charge in [0.05, 0.1) is 6.61 Å². The van der Waals surface area contributed by atoms with Crippen LogP contribution in [0.1, 0.15) is 130 Å². The summed E-state index contributed by atoms with van der Waals surface area (Å²) >= 11 is 0. The zero-order valence-electron chi connectivity index (χ0n) is 17.3. The lowest BCUT2D eigenvalue weighted by Crippen LogP contribution is -2.02. The minimum absolute atomic E-state index is 0.105. The van der Waals surface area contributed by atoms with Gasteiger partial charge in [-0.15, -0.1) is 0 Å². The molecule has 146 valence electrons.